The molecule has 1 spiro atoms. The molecule has 3 amide bonds. The first kappa shape index (κ1) is 14.1. The number of imidazole rings is 1. The Morgan fingerprint density at radius 2 is 1.90 bits per heavy atom. The fourth-order valence-electron chi connectivity index (χ4n) is 3.55. The smallest absolute Gasteiger partial charge is 0.325 e. The van der Waals surface area contributed by atoms with Crippen molar-refractivity contribution in [3.8, 4) is 0 Å². The van der Waals surface area contributed by atoms with E-state index in [1.54, 1.807) is 17.4 Å². The average molecular weight is 290 g/mol. The molecule has 114 valence electrons. The molecule has 1 aromatic rings. The van der Waals surface area contributed by atoms with Gasteiger partial charge in [0.15, 0.2) is 0 Å². The number of amides is 3. The Hall–Kier alpha value is -1.85. The Kier molecular flexibility index (Phi) is 3.94. The summed E-state index contributed by atoms with van der Waals surface area (Å²) in [4.78, 5) is 30.3. The van der Waals surface area contributed by atoms with Crippen molar-refractivity contribution in [2.75, 3.05) is 6.54 Å². The third-order valence-corrected chi connectivity index (χ3v) is 4.69. The highest BCUT2D eigenvalue weighted by atomic mass is 16.2. The molecular formula is C15H22N4O2. The molecular weight excluding hydrogens is 268 g/mol. The summed E-state index contributed by atoms with van der Waals surface area (Å²) in [5.74, 6) is -0.0861. The summed E-state index contributed by atoms with van der Waals surface area (Å²) in [7, 11) is 0. The van der Waals surface area contributed by atoms with Gasteiger partial charge in [-0.2, -0.15) is 0 Å². The molecule has 1 saturated heterocycles. The Morgan fingerprint density at radius 1 is 1.14 bits per heavy atom. The predicted octanol–water partition coefficient (Wildman–Crippen LogP) is 1.92. The third kappa shape index (κ3) is 2.66. The number of hydrogen-bond donors (Lipinski definition) is 1. The lowest BCUT2D eigenvalue weighted by Gasteiger charge is -2.34. The van der Waals surface area contributed by atoms with Gasteiger partial charge in [0.25, 0.3) is 5.91 Å². The van der Waals surface area contributed by atoms with E-state index in [4.69, 9.17) is 0 Å². The molecule has 3 rings (SSSR count). The quantitative estimate of drug-likeness (QED) is 0.861. The number of carbonyl (C=O) groups is 2. The summed E-state index contributed by atoms with van der Waals surface area (Å²) in [6.45, 7) is 1.43. The molecule has 0 unspecified atom stereocenters. The zero-order valence-corrected chi connectivity index (χ0v) is 12.3. The van der Waals surface area contributed by atoms with E-state index in [0.717, 1.165) is 51.5 Å². The fraction of sp³-hybridized carbons (Fsp3) is 0.667. The second kappa shape index (κ2) is 5.87. The van der Waals surface area contributed by atoms with Crippen molar-refractivity contribution in [1.29, 1.82) is 0 Å². The van der Waals surface area contributed by atoms with Crippen LogP contribution in [-0.2, 0) is 11.3 Å². The number of aromatic nitrogens is 2. The monoisotopic (exact) mass is 290 g/mol. The largest absolute Gasteiger partial charge is 0.337 e. The summed E-state index contributed by atoms with van der Waals surface area (Å²) >= 11 is 0. The number of nitrogens with zero attached hydrogens (tertiary/aromatic N) is 3. The van der Waals surface area contributed by atoms with Gasteiger partial charge in [0.05, 0.1) is 6.33 Å². The van der Waals surface area contributed by atoms with E-state index >= 15 is 0 Å². The summed E-state index contributed by atoms with van der Waals surface area (Å²) in [5, 5.41) is 2.53. The highest BCUT2D eigenvalue weighted by Gasteiger charge is 2.51. The van der Waals surface area contributed by atoms with Gasteiger partial charge in [-0.25, -0.2) is 9.78 Å². The lowest BCUT2D eigenvalue weighted by atomic mass is 9.88. The first-order valence-corrected chi connectivity index (χ1v) is 7.81. The molecule has 6 nitrogen and oxygen atoms in total. The standard InChI is InChI=1S/C15H22N4O2/c20-13-15(6-3-1-2-4-7-15)19(14(21)17-13)10-5-9-18-11-8-16-12-18/h8,11-12H,1-7,9-10H2,(H,17,20,21). The number of rotatable bonds is 4. The van der Waals surface area contributed by atoms with Crippen LogP contribution < -0.4 is 5.32 Å². The minimum atomic E-state index is -0.581. The van der Waals surface area contributed by atoms with Crippen LogP contribution in [0.25, 0.3) is 0 Å². The topological polar surface area (TPSA) is 67.2 Å². The van der Waals surface area contributed by atoms with Gasteiger partial charge < -0.3 is 9.47 Å². The third-order valence-electron chi connectivity index (χ3n) is 4.69. The maximum absolute atomic E-state index is 12.3. The number of urea groups is 1. The molecule has 21 heavy (non-hydrogen) atoms. The maximum atomic E-state index is 12.3. The van der Waals surface area contributed by atoms with Gasteiger partial charge >= 0.3 is 6.03 Å². The summed E-state index contributed by atoms with van der Waals surface area (Å²) in [5.41, 5.74) is -0.581. The van der Waals surface area contributed by atoms with E-state index in [9.17, 15) is 9.59 Å². The van der Waals surface area contributed by atoms with Crippen LogP contribution in [0.1, 0.15) is 44.9 Å². The Balaban J connectivity index is 1.68. The molecule has 1 N–H and O–H groups in total. The van der Waals surface area contributed by atoms with Crippen molar-refractivity contribution >= 4 is 11.9 Å². The zero-order chi connectivity index (χ0) is 14.7. The molecule has 1 aromatic heterocycles. The molecule has 2 fully saturated rings. The van der Waals surface area contributed by atoms with Crippen molar-refractivity contribution < 1.29 is 9.59 Å². The number of nitrogens with one attached hydrogen (secondary N) is 1. The van der Waals surface area contributed by atoms with E-state index in [2.05, 4.69) is 10.3 Å². The van der Waals surface area contributed by atoms with Crippen LogP contribution in [0.3, 0.4) is 0 Å². The SMILES string of the molecule is O=C1NC(=O)C2(CCCCCC2)N1CCCn1ccnc1. The highest BCUT2D eigenvalue weighted by molar-refractivity contribution is 6.07. The number of imide groups is 1. The maximum Gasteiger partial charge on any atom is 0.325 e. The molecule has 2 heterocycles. The Bertz CT molecular complexity index is 504. The van der Waals surface area contributed by atoms with Crippen molar-refractivity contribution in [3.63, 3.8) is 0 Å². The van der Waals surface area contributed by atoms with Crippen LogP contribution in [-0.4, -0.2) is 38.5 Å². The van der Waals surface area contributed by atoms with Gasteiger partial charge in [0.1, 0.15) is 5.54 Å². The summed E-state index contributed by atoms with van der Waals surface area (Å²) < 4.78 is 2.00. The first-order chi connectivity index (χ1) is 10.2. The van der Waals surface area contributed by atoms with Gasteiger partial charge in [0.2, 0.25) is 0 Å². The normalized spacial score (nSPS) is 21.6. The Labute approximate surface area is 124 Å². The van der Waals surface area contributed by atoms with E-state index < -0.39 is 5.54 Å². The van der Waals surface area contributed by atoms with Crippen molar-refractivity contribution in [2.24, 2.45) is 0 Å². The molecule has 2 aliphatic rings. The minimum Gasteiger partial charge on any atom is -0.337 e. The predicted molar refractivity (Wildman–Crippen MR) is 77.5 cm³/mol. The molecule has 0 aromatic carbocycles. The molecule has 0 radical (unpaired) electrons. The molecule has 6 heteroatoms. The lowest BCUT2D eigenvalue weighted by Crippen LogP contribution is -2.49. The van der Waals surface area contributed by atoms with E-state index in [1.807, 2.05) is 10.8 Å². The van der Waals surface area contributed by atoms with Crippen molar-refractivity contribution in [3.05, 3.63) is 18.7 Å². The molecule has 0 bridgehead atoms. The van der Waals surface area contributed by atoms with E-state index in [-0.39, 0.29) is 11.9 Å². The molecule has 1 saturated carbocycles. The average Bonchev–Trinajstić information content (AvgIpc) is 2.95. The summed E-state index contributed by atoms with van der Waals surface area (Å²) in [6, 6.07) is -0.215. The van der Waals surface area contributed by atoms with Gasteiger partial charge in [-0.15, -0.1) is 0 Å². The second-order valence-electron chi connectivity index (χ2n) is 6.01. The number of aryl methyl sites for hydroxylation is 1. The van der Waals surface area contributed by atoms with Crippen molar-refractivity contribution in [1.82, 2.24) is 19.8 Å². The lowest BCUT2D eigenvalue weighted by molar-refractivity contribution is -0.127. The van der Waals surface area contributed by atoms with Crippen LogP contribution in [0, 0.1) is 0 Å². The first-order valence-electron chi connectivity index (χ1n) is 7.81. The van der Waals surface area contributed by atoms with Crippen LogP contribution in [0.2, 0.25) is 0 Å². The zero-order valence-electron chi connectivity index (χ0n) is 12.3. The highest BCUT2D eigenvalue weighted by Crippen LogP contribution is 2.36. The van der Waals surface area contributed by atoms with Crippen LogP contribution in [0.4, 0.5) is 4.79 Å². The van der Waals surface area contributed by atoms with E-state index in [0.29, 0.717) is 6.54 Å². The van der Waals surface area contributed by atoms with Gasteiger partial charge in [-0.3, -0.25) is 10.1 Å². The van der Waals surface area contributed by atoms with Gasteiger partial charge in [0, 0.05) is 25.5 Å². The van der Waals surface area contributed by atoms with Gasteiger partial charge in [-0.1, -0.05) is 25.7 Å². The Morgan fingerprint density at radius 3 is 2.57 bits per heavy atom. The van der Waals surface area contributed by atoms with Crippen molar-refractivity contribution in [2.45, 2.75) is 57.0 Å². The van der Waals surface area contributed by atoms with Gasteiger partial charge in [-0.05, 0) is 19.3 Å². The molecule has 1 aliphatic heterocycles. The van der Waals surface area contributed by atoms with Crippen LogP contribution in [0.5, 0.6) is 0 Å². The minimum absolute atomic E-state index is 0.0861. The molecule has 1 aliphatic carbocycles. The van der Waals surface area contributed by atoms with Crippen LogP contribution >= 0.6 is 0 Å². The molecule has 0 atom stereocenters. The number of carbonyl (C=O) groups excluding carboxylic acids is 2. The fourth-order valence-corrected chi connectivity index (χ4v) is 3.55. The number of hydrogen-bond acceptors (Lipinski definition) is 3. The summed E-state index contributed by atoms with van der Waals surface area (Å²) in [6.07, 6.45) is 12.2. The second-order valence-corrected chi connectivity index (χ2v) is 6.01. The van der Waals surface area contributed by atoms with Crippen LogP contribution in [0.15, 0.2) is 18.7 Å². The van der Waals surface area contributed by atoms with E-state index in [1.165, 1.54) is 0 Å².